The van der Waals surface area contributed by atoms with E-state index in [1.165, 1.54) is 17.5 Å². The summed E-state index contributed by atoms with van der Waals surface area (Å²) in [6.45, 7) is 19.9. The van der Waals surface area contributed by atoms with Crippen LogP contribution in [-0.2, 0) is 10.2 Å². The van der Waals surface area contributed by atoms with Gasteiger partial charge in [-0.25, -0.2) is 0 Å². The minimum Gasteiger partial charge on any atom is -0.295 e. The van der Waals surface area contributed by atoms with Gasteiger partial charge >= 0.3 is 0 Å². The van der Waals surface area contributed by atoms with Crippen LogP contribution in [-0.4, -0.2) is 5.78 Å². The number of ketones is 1. The molecule has 2 unspecified atom stereocenters. The van der Waals surface area contributed by atoms with Gasteiger partial charge in [-0.3, -0.25) is 4.79 Å². The van der Waals surface area contributed by atoms with Crippen LogP contribution >= 0.6 is 0 Å². The summed E-state index contributed by atoms with van der Waals surface area (Å²) in [7, 11) is 0. The molecule has 0 fully saturated rings. The first-order valence-electron chi connectivity index (χ1n) is 10.7. The average molecular weight is 371 g/mol. The molecule has 0 heterocycles. The van der Waals surface area contributed by atoms with Crippen molar-refractivity contribution in [2.24, 2.45) is 11.3 Å². The molecule has 1 rings (SSSR count). The number of hydrogen-bond acceptors (Lipinski definition) is 1. The van der Waals surface area contributed by atoms with Gasteiger partial charge in [-0.1, -0.05) is 85.7 Å². The zero-order valence-corrected chi connectivity index (χ0v) is 19.3. The van der Waals surface area contributed by atoms with Gasteiger partial charge in [0.15, 0.2) is 5.78 Å². The van der Waals surface area contributed by atoms with Crippen molar-refractivity contribution < 1.29 is 4.79 Å². The van der Waals surface area contributed by atoms with Gasteiger partial charge in [-0.15, -0.1) is 0 Å². The molecule has 1 nitrogen and oxygen atoms in total. The highest BCUT2D eigenvalue weighted by molar-refractivity contribution is 5.96. The SMILES string of the molecule is CC=C(C(=O)CC)C(C)(C)CCC(C)CC(C)c1ccc(C(C)(C)C)cc1. The van der Waals surface area contributed by atoms with Crippen molar-refractivity contribution in [1.29, 1.82) is 0 Å². The Morgan fingerprint density at radius 2 is 1.59 bits per heavy atom. The Balaban J connectivity index is 2.66. The molecule has 0 N–H and O–H groups in total. The number of carbonyl (C=O) groups is 1. The summed E-state index contributed by atoms with van der Waals surface area (Å²) >= 11 is 0. The normalized spacial score (nSPS) is 15.5. The zero-order chi connectivity index (χ0) is 20.8. The Bertz CT molecular complexity index is 625. The maximum absolute atomic E-state index is 12.2. The Hall–Kier alpha value is -1.37. The quantitative estimate of drug-likeness (QED) is 0.404. The monoisotopic (exact) mass is 370 g/mol. The summed E-state index contributed by atoms with van der Waals surface area (Å²) in [6, 6.07) is 9.18. The van der Waals surface area contributed by atoms with Crippen molar-refractivity contribution in [3.05, 3.63) is 47.0 Å². The van der Waals surface area contributed by atoms with Crippen LogP contribution in [0.1, 0.15) is 105 Å². The number of carbonyl (C=O) groups excluding carboxylic acids is 1. The second-order valence-electron chi connectivity index (χ2n) is 10.0. The number of benzene rings is 1. The van der Waals surface area contributed by atoms with Crippen molar-refractivity contribution in [3.63, 3.8) is 0 Å². The van der Waals surface area contributed by atoms with E-state index in [4.69, 9.17) is 0 Å². The topological polar surface area (TPSA) is 17.1 Å². The molecule has 0 aliphatic carbocycles. The molecule has 1 aromatic rings. The third-order valence-corrected chi connectivity index (χ3v) is 6.00. The number of Topliss-reactive ketones (excluding diaryl/α,β-unsaturated/α-hetero) is 1. The molecule has 0 saturated carbocycles. The van der Waals surface area contributed by atoms with E-state index in [2.05, 4.69) is 72.7 Å². The number of hydrogen-bond donors (Lipinski definition) is 0. The summed E-state index contributed by atoms with van der Waals surface area (Å²) in [6.07, 6.45) is 6.04. The Labute approximate surface area is 168 Å². The second kappa shape index (κ2) is 9.71. The third-order valence-electron chi connectivity index (χ3n) is 6.00. The molecule has 0 saturated heterocycles. The fraction of sp³-hybridized carbons (Fsp3) is 0.654. The molecule has 152 valence electrons. The Morgan fingerprint density at radius 3 is 2.04 bits per heavy atom. The van der Waals surface area contributed by atoms with Gasteiger partial charge in [0.1, 0.15) is 0 Å². The predicted molar refractivity (Wildman–Crippen MR) is 119 cm³/mol. The standard InChI is InChI=1S/C26H42O/c1-10-23(24(27)11-2)26(8,9)17-16-19(3)18-20(4)21-12-14-22(15-13-21)25(5,6)7/h10,12-15,19-20H,11,16-18H2,1-9H3. The van der Waals surface area contributed by atoms with Crippen LogP contribution in [0.3, 0.4) is 0 Å². The molecule has 0 radical (unpaired) electrons. The van der Waals surface area contributed by atoms with Gasteiger partial charge < -0.3 is 0 Å². The maximum Gasteiger partial charge on any atom is 0.158 e. The lowest BCUT2D eigenvalue weighted by Crippen LogP contribution is -2.22. The highest BCUT2D eigenvalue weighted by Gasteiger charge is 2.27. The van der Waals surface area contributed by atoms with Gasteiger partial charge in [-0.2, -0.15) is 0 Å². The average Bonchev–Trinajstić information content (AvgIpc) is 2.59. The van der Waals surface area contributed by atoms with E-state index in [0.717, 1.165) is 18.4 Å². The van der Waals surface area contributed by atoms with Crippen molar-refractivity contribution in [1.82, 2.24) is 0 Å². The van der Waals surface area contributed by atoms with E-state index in [0.29, 0.717) is 24.0 Å². The molecule has 1 aromatic carbocycles. The lowest BCUT2D eigenvalue weighted by molar-refractivity contribution is -0.116. The first kappa shape index (κ1) is 23.7. The van der Waals surface area contributed by atoms with E-state index in [-0.39, 0.29) is 10.8 Å². The van der Waals surface area contributed by atoms with Crippen LogP contribution in [0.25, 0.3) is 0 Å². The Morgan fingerprint density at radius 1 is 1.04 bits per heavy atom. The predicted octanol–water partition coefficient (Wildman–Crippen LogP) is 7.85. The van der Waals surface area contributed by atoms with Crippen molar-refractivity contribution in [2.75, 3.05) is 0 Å². The summed E-state index contributed by atoms with van der Waals surface area (Å²) in [5.74, 6) is 1.51. The van der Waals surface area contributed by atoms with Crippen LogP contribution in [0, 0.1) is 11.3 Å². The van der Waals surface area contributed by atoms with Gasteiger partial charge in [0, 0.05) is 6.42 Å². The van der Waals surface area contributed by atoms with Crippen LogP contribution in [0.15, 0.2) is 35.9 Å². The molecule has 0 aliphatic rings. The molecular formula is C26H42O. The fourth-order valence-electron chi connectivity index (χ4n) is 4.03. The van der Waals surface area contributed by atoms with Crippen LogP contribution in [0.4, 0.5) is 0 Å². The highest BCUT2D eigenvalue weighted by Crippen LogP contribution is 2.36. The maximum atomic E-state index is 12.2. The fourth-order valence-corrected chi connectivity index (χ4v) is 4.03. The number of allylic oxidation sites excluding steroid dienone is 2. The van der Waals surface area contributed by atoms with E-state index < -0.39 is 0 Å². The van der Waals surface area contributed by atoms with Crippen LogP contribution in [0.5, 0.6) is 0 Å². The summed E-state index contributed by atoms with van der Waals surface area (Å²) in [5.41, 5.74) is 4.01. The lowest BCUT2D eigenvalue weighted by atomic mass is 9.75. The molecule has 2 atom stereocenters. The summed E-state index contributed by atoms with van der Waals surface area (Å²) < 4.78 is 0. The van der Waals surface area contributed by atoms with E-state index in [1.54, 1.807) is 0 Å². The summed E-state index contributed by atoms with van der Waals surface area (Å²) in [5, 5.41) is 0. The molecule has 0 spiro atoms. The minimum atomic E-state index is -0.0340. The number of rotatable bonds is 9. The van der Waals surface area contributed by atoms with Gasteiger partial charge in [0.2, 0.25) is 0 Å². The smallest absolute Gasteiger partial charge is 0.158 e. The van der Waals surface area contributed by atoms with Gasteiger partial charge in [0.05, 0.1) is 0 Å². The largest absolute Gasteiger partial charge is 0.295 e. The molecule has 0 bridgehead atoms. The summed E-state index contributed by atoms with van der Waals surface area (Å²) in [4.78, 5) is 12.2. The van der Waals surface area contributed by atoms with E-state index >= 15 is 0 Å². The van der Waals surface area contributed by atoms with Gasteiger partial charge in [0.25, 0.3) is 0 Å². The zero-order valence-electron chi connectivity index (χ0n) is 19.3. The highest BCUT2D eigenvalue weighted by atomic mass is 16.1. The van der Waals surface area contributed by atoms with Crippen LogP contribution in [0.2, 0.25) is 0 Å². The first-order chi connectivity index (χ1) is 12.4. The van der Waals surface area contributed by atoms with Gasteiger partial charge in [-0.05, 0) is 65.6 Å². The molecule has 1 heteroatoms. The first-order valence-corrected chi connectivity index (χ1v) is 10.7. The molecule has 0 amide bonds. The van der Waals surface area contributed by atoms with E-state index in [1.807, 2.05) is 19.9 Å². The molecule has 0 aromatic heterocycles. The molecular weight excluding hydrogens is 328 g/mol. The third kappa shape index (κ3) is 6.94. The second-order valence-corrected chi connectivity index (χ2v) is 10.0. The van der Waals surface area contributed by atoms with Crippen LogP contribution < -0.4 is 0 Å². The molecule has 27 heavy (non-hydrogen) atoms. The van der Waals surface area contributed by atoms with Crippen molar-refractivity contribution in [3.8, 4) is 0 Å². The Kier molecular flexibility index (Phi) is 8.51. The van der Waals surface area contributed by atoms with Crippen molar-refractivity contribution in [2.45, 2.75) is 99.3 Å². The van der Waals surface area contributed by atoms with Crippen molar-refractivity contribution >= 4 is 5.78 Å². The minimum absolute atomic E-state index is 0.0340. The molecule has 0 aliphatic heterocycles. The van der Waals surface area contributed by atoms with E-state index in [9.17, 15) is 4.79 Å². The lowest BCUT2D eigenvalue weighted by Gasteiger charge is -2.29.